The molecule has 2 heterocycles. The molecule has 2 aromatic carbocycles. The molecule has 2 aliphatic rings. The molecular formula is C27H30Cl2F3N3O5. The van der Waals surface area contributed by atoms with Crippen molar-refractivity contribution in [3.05, 3.63) is 64.1 Å². The molecule has 2 fully saturated rings. The van der Waals surface area contributed by atoms with Gasteiger partial charge in [0.25, 0.3) is 5.91 Å². The molecule has 2 aromatic rings. The molecule has 218 valence electrons. The van der Waals surface area contributed by atoms with Crippen LogP contribution in [-0.4, -0.2) is 71.3 Å². The number of carbonyl (C=O) groups is 3. The van der Waals surface area contributed by atoms with E-state index >= 15 is 0 Å². The van der Waals surface area contributed by atoms with Crippen LogP contribution in [0.5, 0.6) is 0 Å². The van der Waals surface area contributed by atoms with Gasteiger partial charge < -0.3 is 19.6 Å². The average Bonchev–Trinajstić information content (AvgIpc) is 2.93. The highest BCUT2D eigenvalue weighted by molar-refractivity contribution is 6.31. The summed E-state index contributed by atoms with van der Waals surface area (Å²) in [6.45, 7) is 3.58. The van der Waals surface area contributed by atoms with Gasteiger partial charge in [-0.1, -0.05) is 47.8 Å². The van der Waals surface area contributed by atoms with E-state index in [1.807, 2.05) is 0 Å². The fraction of sp³-hybridized carbons (Fsp3) is 0.444. The first-order valence-corrected chi connectivity index (χ1v) is 13.5. The molecule has 0 saturated carbocycles. The van der Waals surface area contributed by atoms with Crippen LogP contribution in [0.3, 0.4) is 0 Å². The van der Waals surface area contributed by atoms with Crippen molar-refractivity contribution >= 4 is 46.9 Å². The Bertz CT molecular complexity index is 1150. The van der Waals surface area contributed by atoms with Gasteiger partial charge in [0.1, 0.15) is 0 Å². The lowest BCUT2D eigenvalue weighted by Crippen LogP contribution is -2.49. The molecule has 2 aliphatic heterocycles. The van der Waals surface area contributed by atoms with Crippen LogP contribution < -0.4 is 5.32 Å². The molecule has 0 aromatic heterocycles. The maximum absolute atomic E-state index is 13.5. The van der Waals surface area contributed by atoms with Crippen LogP contribution >= 0.6 is 23.2 Å². The number of carbonyl (C=O) groups excluding carboxylic acids is 2. The molecule has 2 amide bonds. The molecular weight excluding hydrogens is 574 g/mol. The van der Waals surface area contributed by atoms with Crippen LogP contribution in [0.2, 0.25) is 10.0 Å². The fourth-order valence-electron chi connectivity index (χ4n) is 4.62. The second-order valence-corrected chi connectivity index (χ2v) is 10.2. The van der Waals surface area contributed by atoms with Gasteiger partial charge in [0.15, 0.2) is 0 Å². The van der Waals surface area contributed by atoms with E-state index in [0.717, 1.165) is 25.9 Å². The molecule has 13 heteroatoms. The Labute approximate surface area is 240 Å². The summed E-state index contributed by atoms with van der Waals surface area (Å²) in [5.74, 6) is -3.00. The smallest absolute Gasteiger partial charge is 0.475 e. The summed E-state index contributed by atoms with van der Waals surface area (Å²) in [4.78, 5) is 39.4. The third-order valence-electron chi connectivity index (χ3n) is 6.65. The Balaban J connectivity index is 0.000000559. The van der Waals surface area contributed by atoms with Gasteiger partial charge in [-0.3, -0.25) is 10.1 Å². The zero-order valence-corrected chi connectivity index (χ0v) is 23.0. The molecule has 1 atom stereocenters. The van der Waals surface area contributed by atoms with Crippen molar-refractivity contribution in [2.45, 2.75) is 50.4 Å². The number of anilines is 1. The zero-order chi connectivity index (χ0) is 29.3. The van der Waals surface area contributed by atoms with E-state index in [1.54, 1.807) is 53.4 Å². The average molecular weight is 604 g/mol. The predicted octanol–water partition coefficient (Wildman–Crippen LogP) is 6.39. The molecule has 0 spiro atoms. The number of halogens is 5. The number of amides is 2. The molecule has 40 heavy (non-hydrogen) atoms. The lowest BCUT2D eigenvalue weighted by Gasteiger charge is -2.40. The number of nitrogens with zero attached hydrogens (tertiary/aromatic N) is 2. The molecule has 4 rings (SSSR count). The van der Waals surface area contributed by atoms with Gasteiger partial charge in [0, 0.05) is 40.4 Å². The normalized spacial score (nSPS) is 17.3. The highest BCUT2D eigenvalue weighted by Gasteiger charge is 2.38. The fourth-order valence-corrected chi connectivity index (χ4v) is 4.98. The van der Waals surface area contributed by atoms with Crippen LogP contribution in [0.25, 0.3) is 0 Å². The Hall–Kier alpha value is -3.02. The number of aliphatic carboxylic acids is 1. The number of hydrogen-bond donors (Lipinski definition) is 2. The van der Waals surface area contributed by atoms with Crippen molar-refractivity contribution in [3.8, 4) is 0 Å². The first-order chi connectivity index (χ1) is 19.0. The lowest BCUT2D eigenvalue weighted by atomic mass is 9.99. The standard InChI is InChI=1S/C25H29Cl2N3O3.C2HF3O2/c26-18-8-10-19(11-9-18)28-25(32)33-23(21-6-2-3-7-22(21)27)24(31)30-16-12-20(13-17-30)29-14-4-1-5-15-29;3-2(4,5)1(6)7/h2-3,6-11,20,23H,1,4-5,12-17H2,(H,28,32);(H,6,7)/t23-;/m1./s1. The van der Waals surface area contributed by atoms with Gasteiger partial charge in [-0.25, -0.2) is 9.59 Å². The van der Waals surface area contributed by atoms with Crippen molar-refractivity contribution < 1.29 is 37.4 Å². The van der Waals surface area contributed by atoms with Crippen LogP contribution in [0.15, 0.2) is 48.5 Å². The maximum Gasteiger partial charge on any atom is 0.490 e. The van der Waals surface area contributed by atoms with E-state index in [-0.39, 0.29) is 5.91 Å². The number of carboxylic acids is 1. The number of likely N-dealkylation sites (tertiary alicyclic amines) is 2. The van der Waals surface area contributed by atoms with E-state index < -0.39 is 24.3 Å². The third kappa shape index (κ3) is 9.28. The van der Waals surface area contributed by atoms with E-state index in [9.17, 15) is 22.8 Å². The predicted molar refractivity (Wildman–Crippen MR) is 144 cm³/mol. The number of ether oxygens (including phenoxy) is 1. The summed E-state index contributed by atoms with van der Waals surface area (Å²) in [5, 5.41) is 10.7. The number of hydrogen-bond acceptors (Lipinski definition) is 5. The molecule has 0 unspecified atom stereocenters. The quantitative estimate of drug-likeness (QED) is 0.410. The van der Waals surface area contributed by atoms with Gasteiger partial charge in [0.05, 0.1) is 0 Å². The van der Waals surface area contributed by atoms with E-state index in [4.69, 9.17) is 37.8 Å². The van der Waals surface area contributed by atoms with Gasteiger partial charge in [-0.15, -0.1) is 0 Å². The first kappa shape index (κ1) is 31.5. The van der Waals surface area contributed by atoms with Crippen molar-refractivity contribution in [3.63, 3.8) is 0 Å². The van der Waals surface area contributed by atoms with Crippen LogP contribution in [0.4, 0.5) is 23.7 Å². The van der Waals surface area contributed by atoms with Crippen LogP contribution in [-0.2, 0) is 14.3 Å². The van der Waals surface area contributed by atoms with E-state index in [0.29, 0.717) is 40.4 Å². The lowest BCUT2D eigenvalue weighted by molar-refractivity contribution is -0.192. The highest BCUT2D eigenvalue weighted by Crippen LogP contribution is 2.30. The monoisotopic (exact) mass is 603 g/mol. The number of nitrogens with one attached hydrogen (secondary N) is 1. The zero-order valence-electron chi connectivity index (χ0n) is 21.5. The summed E-state index contributed by atoms with van der Waals surface area (Å²) >= 11 is 12.3. The Morgan fingerprint density at radius 1 is 0.925 bits per heavy atom. The summed E-state index contributed by atoms with van der Waals surface area (Å²) < 4.78 is 37.4. The first-order valence-electron chi connectivity index (χ1n) is 12.8. The molecule has 0 radical (unpaired) electrons. The molecule has 2 N–H and O–H groups in total. The van der Waals surface area contributed by atoms with Gasteiger partial charge in [0.2, 0.25) is 6.10 Å². The second kappa shape index (κ2) is 14.6. The van der Waals surface area contributed by atoms with Crippen molar-refractivity contribution in [2.24, 2.45) is 0 Å². The van der Waals surface area contributed by atoms with E-state index in [1.165, 1.54) is 19.3 Å². The largest absolute Gasteiger partial charge is 0.490 e. The molecule has 2 saturated heterocycles. The minimum atomic E-state index is -5.08. The molecule has 0 aliphatic carbocycles. The molecule has 0 bridgehead atoms. The van der Waals surface area contributed by atoms with E-state index in [2.05, 4.69) is 10.2 Å². The summed E-state index contributed by atoms with van der Waals surface area (Å²) in [5.41, 5.74) is 1.01. The Morgan fingerprint density at radius 2 is 1.50 bits per heavy atom. The molecule has 8 nitrogen and oxygen atoms in total. The maximum atomic E-state index is 13.5. The number of benzene rings is 2. The van der Waals surface area contributed by atoms with Gasteiger partial charge >= 0.3 is 18.2 Å². The summed E-state index contributed by atoms with van der Waals surface area (Å²) in [6.07, 6.45) is -1.25. The number of carboxylic acid groups (broad SMARTS) is 1. The Kier molecular flexibility index (Phi) is 11.5. The minimum absolute atomic E-state index is 0.244. The summed E-state index contributed by atoms with van der Waals surface area (Å²) in [6, 6.07) is 14.2. The minimum Gasteiger partial charge on any atom is -0.475 e. The van der Waals surface area contributed by atoms with Gasteiger partial charge in [-0.05, 0) is 69.1 Å². The van der Waals surface area contributed by atoms with Crippen molar-refractivity contribution in [2.75, 3.05) is 31.5 Å². The van der Waals surface area contributed by atoms with Crippen molar-refractivity contribution in [1.82, 2.24) is 9.80 Å². The third-order valence-corrected chi connectivity index (χ3v) is 7.25. The van der Waals surface area contributed by atoms with Gasteiger partial charge in [-0.2, -0.15) is 13.2 Å². The number of piperidine rings is 2. The van der Waals surface area contributed by atoms with Crippen LogP contribution in [0, 0.1) is 0 Å². The second-order valence-electron chi connectivity index (χ2n) is 9.39. The number of alkyl halides is 3. The number of rotatable bonds is 5. The Morgan fingerprint density at radius 3 is 2.05 bits per heavy atom. The highest BCUT2D eigenvalue weighted by atomic mass is 35.5. The van der Waals surface area contributed by atoms with Crippen LogP contribution in [0.1, 0.15) is 43.8 Å². The SMILES string of the molecule is O=C(Nc1ccc(Cl)cc1)O[C@@H](C(=O)N1CCC(N2CCCCC2)CC1)c1ccccc1Cl.O=C(O)C(F)(F)F. The summed E-state index contributed by atoms with van der Waals surface area (Å²) in [7, 11) is 0. The topological polar surface area (TPSA) is 99.2 Å². The van der Waals surface area contributed by atoms with Crippen molar-refractivity contribution in [1.29, 1.82) is 0 Å².